The van der Waals surface area contributed by atoms with Gasteiger partial charge in [-0.2, -0.15) is 0 Å². The molecule has 2 aromatic rings. The van der Waals surface area contributed by atoms with Crippen LogP contribution in [0.5, 0.6) is 5.75 Å². The Kier molecular flexibility index (Phi) is 5.53. The topological polar surface area (TPSA) is 42.3 Å². The standard InChI is InChI=1S/C19H28N4O/c1-15(2)14-24-17-6-4-16(5-7-17)13-23-11-8-20-12-18(23)19-21-9-10-22(19)3/h4-7,9-10,15,18,20H,8,11-14H2,1-3H3. The molecule has 1 aromatic heterocycles. The minimum atomic E-state index is 0.315. The molecular formula is C19H28N4O. The van der Waals surface area contributed by atoms with Crippen LogP contribution >= 0.6 is 0 Å². The van der Waals surface area contributed by atoms with Gasteiger partial charge in [-0.05, 0) is 23.6 Å². The quantitative estimate of drug-likeness (QED) is 0.885. The molecular weight excluding hydrogens is 300 g/mol. The fourth-order valence-corrected chi connectivity index (χ4v) is 3.08. The smallest absolute Gasteiger partial charge is 0.127 e. The number of aromatic nitrogens is 2. The van der Waals surface area contributed by atoms with Crippen LogP contribution in [-0.4, -0.2) is 40.7 Å². The summed E-state index contributed by atoms with van der Waals surface area (Å²) in [5.41, 5.74) is 1.31. The summed E-state index contributed by atoms with van der Waals surface area (Å²) in [6, 6.07) is 8.82. The van der Waals surface area contributed by atoms with Crippen molar-refractivity contribution in [1.29, 1.82) is 0 Å². The molecule has 1 atom stereocenters. The van der Waals surface area contributed by atoms with Gasteiger partial charge in [0.25, 0.3) is 0 Å². The van der Waals surface area contributed by atoms with E-state index in [0.717, 1.165) is 44.4 Å². The van der Waals surface area contributed by atoms with Crippen molar-refractivity contribution in [2.24, 2.45) is 13.0 Å². The zero-order valence-electron chi connectivity index (χ0n) is 14.9. The fraction of sp³-hybridized carbons (Fsp3) is 0.526. The van der Waals surface area contributed by atoms with Crippen molar-refractivity contribution < 1.29 is 4.74 Å². The Hall–Kier alpha value is -1.85. The first-order valence-corrected chi connectivity index (χ1v) is 8.77. The van der Waals surface area contributed by atoms with E-state index in [-0.39, 0.29) is 0 Å². The Balaban J connectivity index is 1.66. The monoisotopic (exact) mass is 328 g/mol. The Morgan fingerprint density at radius 2 is 2.08 bits per heavy atom. The molecule has 1 unspecified atom stereocenters. The van der Waals surface area contributed by atoms with E-state index in [1.165, 1.54) is 5.56 Å². The van der Waals surface area contributed by atoms with E-state index in [2.05, 4.69) is 64.9 Å². The molecule has 0 spiro atoms. The maximum absolute atomic E-state index is 5.77. The highest BCUT2D eigenvalue weighted by atomic mass is 16.5. The van der Waals surface area contributed by atoms with Gasteiger partial charge in [-0.25, -0.2) is 4.98 Å². The van der Waals surface area contributed by atoms with Crippen LogP contribution in [-0.2, 0) is 13.6 Å². The largest absolute Gasteiger partial charge is 0.493 e. The first-order valence-electron chi connectivity index (χ1n) is 8.77. The van der Waals surface area contributed by atoms with Gasteiger partial charge in [0.05, 0.1) is 12.6 Å². The van der Waals surface area contributed by atoms with Crippen LogP contribution in [0.2, 0.25) is 0 Å². The number of hydrogen-bond donors (Lipinski definition) is 1. The van der Waals surface area contributed by atoms with Gasteiger partial charge in [0, 0.05) is 45.6 Å². The summed E-state index contributed by atoms with van der Waals surface area (Å²) in [6.45, 7) is 9.02. The van der Waals surface area contributed by atoms with Gasteiger partial charge in [-0.1, -0.05) is 26.0 Å². The zero-order valence-corrected chi connectivity index (χ0v) is 14.9. The van der Waals surface area contributed by atoms with Crippen molar-refractivity contribution in [3.05, 3.63) is 48.0 Å². The van der Waals surface area contributed by atoms with Crippen molar-refractivity contribution in [3.63, 3.8) is 0 Å². The molecule has 1 aliphatic heterocycles. The van der Waals surface area contributed by atoms with E-state index in [1.54, 1.807) is 0 Å². The first-order chi connectivity index (χ1) is 11.6. The second kappa shape index (κ2) is 7.81. The maximum atomic E-state index is 5.77. The molecule has 2 heterocycles. The van der Waals surface area contributed by atoms with E-state index >= 15 is 0 Å². The summed E-state index contributed by atoms with van der Waals surface area (Å²) in [6.07, 6.45) is 3.89. The van der Waals surface area contributed by atoms with Gasteiger partial charge >= 0.3 is 0 Å². The second-order valence-corrected chi connectivity index (χ2v) is 6.94. The molecule has 5 nitrogen and oxygen atoms in total. The molecule has 130 valence electrons. The summed E-state index contributed by atoms with van der Waals surface area (Å²) in [5.74, 6) is 2.62. The third-order valence-corrected chi connectivity index (χ3v) is 4.40. The summed E-state index contributed by atoms with van der Waals surface area (Å²) in [4.78, 5) is 7.05. The van der Waals surface area contributed by atoms with Gasteiger partial charge in [0.1, 0.15) is 11.6 Å². The molecule has 1 fully saturated rings. The summed E-state index contributed by atoms with van der Waals surface area (Å²) < 4.78 is 7.89. The van der Waals surface area contributed by atoms with Crippen molar-refractivity contribution in [2.45, 2.75) is 26.4 Å². The number of ether oxygens (including phenoxy) is 1. The van der Waals surface area contributed by atoms with Gasteiger partial charge in [-0.3, -0.25) is 4.90 Å². The molecule has 0 radical (unpaired) electrons. The fourth-order valence-electron chi connectivity index (χ4n) is 3.08. The van der Waals surface area contributed by atoms with Crippen molar-refractivity contribution in [2.75, 3.05) is 26.2 Å². The SMILES string of the molecule is CC(C)COc1ccc(CN2CCNCC2c2nccn2C)cc1. The summed E-state index contributed by atoms with van der Waals surface area (Å²) in [7, 11) is 2.07. The number of aryl methyl sites for hydroxylation is 1. The molecule has 1 aromatic carbocycles. The van der Waals surface area contributed by atoms with Gasteiger partial charge in [0.2, 0.25) is 0 Å². The number of nitrogens with zero attached hydrogens (tertiary/aromatic N) is 3. The highest BCUT2D eigenvalue weighted by molar-refractivity contribution is 5.27. The average Bonchev–Trinajstić information content (AvgIpc) is 3.00. The van der Waals surface area contributed by atoms with E-state index < -0.39 is 0 Å². The lowest BCUT2D eigenvalue weighted by atomic mass is 10.1. The maximum Gasteiger partial charge on any atom is 0.127 e. The lowest BCUT2D eigenvalue weighted by Crippen LogP contribution is -2.46. The van der Waals surface area contributed by atoms with Crippen LogP contribution in [0.3, 0.4) is 0 Å². The normalized spacial score (nSPS) is 18.9. The van der Waals surface area contributed by atoms with Gasteiger partial charge in [0.15, 0.2) is 0 Å². The lowest BCUT2D eigenvalue weighted by Gasteiger charge is -2.35. The Labute approximate surface area is 144 Å². The molecule has 0 bridgehead atoms. The van der Waals surface area contributed by atoms with Crippen LogP contribution in [0.1, 0.15) is 31.3 Å². The highest BCUT2D eigenvalue weighted by Gasteiger charge is 2.26. The van der Waals surface area contributed by atoms with E-state index in [1.807, 2.05) is 12.4 Å². The van der Waals surface area contributed by atoms with Crippen LogP contribution in [0.25, 0.3) is 0 Å². The minimum Gasteiger partial charge on any atom is -0.493 e. The van der Waals surface area contributed by atoms with Crippen molar-refractivity contribution >= 4 is 0 Å². The predicted octanol–water partition coefficient (Wildman–Crippen LogP) is 2.60. The number of benzene rings is 1. The van der Waals surface area contributed by atoms with E-state index in [4.69, 9.17) is 4.74 Å². The highest BCUT2D eigenvalue weighted by Crippen LogP contribution is 2.23. The predicted molar refractivity (Wildman–Crippen MR) is 96.0 cm³/mol. The first kappa shape index (κ1) is 17.0. The molecule has 1 aliphatic rings. The Morgan fingerprint density at radius 3 is 2.75 bits per heavy atom. The second-order valence-electron chi connectivity index (χ2n) is 6.94. The number of nitrogens with one attached hydrogen (secondary N) is 1. The Bertz CT molecular complexity index is 635. The van der Waals surface area contributed by atoms with Gasteiger partial charge < -0.3 is 14.6 Å². The van der Waals surface area contributed by atoms with Crippen LogP contribution in [0, 0.1) is 5.92 Å². The van der Waals surface area contributed by atoms with Crippen molar-refractivity contribution in [3.8, 4) is 5.75 Å². The molecule has 3 rings (SSSR count). The van der Waals surface area contributed by atoms with E-state index in [0.29, 0.717) is 12.0 Å². The van der Waals surface area contributed by atoms with Crippen LogP contribution in [0.15, 0.2) is 36.7 Å². The molecule has 24 heavy (non-hydrogen) atoms. The third-order valence-electron chi connectivity index (χ3n) is 4.40. The number of piperazine rings is 1. The molecule has 0 aliphatic carbocycles. The van der Waals surface area contributed by atoms with Gasteiger partial charge in [-0.15, -0.1) is 0 Å². The Morgan fingerprint density at radius 1 is 1.29 bits per heavy atom. The summed E-state index contributed by atoms with van der Waals surface area (Å²) in [5, 5.41) is 3.49. The minimum absolute atomic E-state index is 0.315. The lowest BCUT2D eigenvalue weighted by molar-refractivity contribution is 0.144. The molecule has 5 heteroatoms. The van der Waals surface area contributed by atoms with Crippen LogP contribution < -0.4 is 10.1 Å². The zero-order chi connectivity index (χ0) is 16.9. The number of rotatable bonds is 6. The average molecular weight is 328 g/mol. The van der Waals surface area contributed by atoms with Crippen LogP contribution in [0.4, 0.5) is 0 Å². The van der Waals surface area contributed by atoms with Crippen molar-refractivity contribution in [1.82, 2.24) is 19.8 Å². The third kappa shape index (κ3) is 4.16. The molecule has 1 saturated heterocycles. The molecule has 0 amide bonds. The molecule has 1 N–H and O–H groups in total. The van der Waals surface area contributed by atoms with E-state index in [9.17, 15) is 0 Å². The molecule has 0 saturated carbocycles. The summed E-state index contributed by atoms with van der Waals surface area (Å²) >= 11 is 0. The number of hydrogen-bond acceptors (Lipinski definition) is 4. The number of imidazole rings is 1.